The zero-order valence-electron chi connectivity index (χ0n) is 12.8. The minimum Gasteiger partial charge on any atom is -0.487 e. The molecule has 3 rings (SSSR count). The van der Waals surface area contributed by atoms with Gasteiger partial charge >= 0.3 is 11.9 Å². The van der Waals surface area contributed by atoms with Gasteiger partial charge in [-0.15, -0.1) is 0 Å². The minimum absolute atomic E-state index is 0.275. The number of hydrogen-bond donors (Lipinski definition) is 0. The lowest BCUT2D eigenvalue weighted by atomic mass is 9.83. The summed E-state index contributed by atoms with van der Waals surface area (Å²) in [5.41, 5.74) is 1.56. The molecule has 0 amide bonds. The van der Waals surface area contributed by atoms with Crippen molar-refractivity contribution in [3.05, 3.63) is 51.5 Å². The summed E-state index contributed by atoms with van der Waals surface area (Å²) >= 11 is 1.21. The van der Waals surface area contributed by atoms with Crippen molar-refractivity contribution in [3.8, 4) is 5.75 Å². The third kappa shape index (κ3) is 2.74. The monoisotopic (exact) mass is 332 g/mol. The predicted molar refractivity (Wildman–Crippen MR) is 85.8 cm³/mol. The molecular weight excluding hydrogens is 316 g/mol. The molecule has 0 aromatic heterocycles. The molecule has 0 bridgehead atoms. The van der Waals surface area contributed by atoms with E-state index in [-0.39, 0.29) is 6.61 Å². The molecule has 5 nitrogen and oxygen atoms in total. The van der Waals surface area contributed by atoms with E-state index in [1.54, 1.807) is 24.5 Å². The first-order valence-electron chi connectivity index (χ1n) is 7.39. The molecular formula is C17H16O5S. The van der Waals surface area contributed by atoms with E-state index in [1.807, 2.05) is 19.1 Å². The predicted octanol–water partition coefficient (Wildman–Crippen LogP) is 3.13. The first-order valence-corrected chi connectivity index (χ1v) is 8.27. The third-order valence-electron chi connectivity index (χ3n) is 3.55. The second-order valence-electron chi connectivity index (χ2n) is 4.91. The number of carbonyl (C=O) groups is 2. The van der Waals surface area contributed by atoms with Gasteiger partial charge < -0.3 is 14.2 Å². The zero-order valence-corrected chi connectivity index (χ0v) is 13.6. The van der Waals surface area contributed by atoms with Crippen molar-refractivity contribution in [3.63, 3.8) is 0 Å². The number of hydrogen-bond acceptors (Lipinski definition) is 6. The van der Waals surface area contributed by atoms with Crippen LogP contribution in [0.4, 0.5) is 0 Å². The molecule has 1 aromatic carbocycles. The van der Waals surface area contributed by atoms with Gasteiger partial charge in [0.1, 0.15) is 5.75 Å². The van der Waals surface area contributed by atoms with Gasteiger partial charge in [-0.05, 0) is 25.3 Å². The highest BCUT2D eigenvalue weighted by Crippen LogP contribution is 2.49. The first-order chi connectivity index (χ1) is 11.2. The Morgan fingerprint density at radius 1 is 1.26 bits per heavy atom. The van der Waals surface area contributed by atoms with Crippen LogP contribution in [0.1, 0.15) is 25.3 Å². The molecule has 0 N–H and O–H groups in total. The van der Waals surface area contributed by atoms with Gasteiger partial charge in [-0.1, -0.05) is 30.0 Å². The molecule has 0 fully saturated rings. The summed E-state index contributed by atoms with van der Waals surface area (Å²) in [7, 11) is 0. The number of thioether (sulfide) groups is 1. The molecule has 0 saturated carbocycles. The molecule has 2 heterocycles. The summed E-state index contributed by atoms with van der Waals surface area (Å²) in [4.78, 5) is 24.8. The van der Waals surface area contributed by atoms with Gasteiger partial charge in [0.05, 0.1) is 30.3 Å². The zero-order chi connectivity index (χ0) is 16.4. The number of ether oxygens (including phenoxy) is 3. The van der Waals surface area contributed by atoms with Crippen LogP contribution in [-0.4, -0.2) is 25.2 Å². The van der Waals surface area contributed by atoms with Crippen molar-refractivity contribution in [2.45, 2.75) is 19.8 Å². The number of para-hydroxylation sites is 1. The van der Waals surface area contributed by atoms with Crippen molar-refractivity contribution in [1.82, 2.24) is 0 Å². The normalized spacial score (nSPS) is 19.3. The summed E-state index contributed by atoms with van der Waals surface area (Å²) in [5.74, 6) is -0.972. The van der Waals surface area contributed by atoms with Crippen molar-refractivity contribution in [2.75, 3.05) is 13.2 Å². The molecule has 120 valence electrons. The summed E-state index contributed by atoms with van der Waals surface area (Å²) in [6, 6.07) is 7.20. The second kappa shape index (κ2) is 6.50. The maximum Gasteiger partial charge on any atom is 0.344 e. The Morgan fingerprint density at radius 2 is 2.04 bits per heavy atom. The summed E-state index contributed by atoms with van der Waals surface area (Å²) < 4.78 is 16.1. The van der Waals surface area contributed by atoms with E-state index in [9.17, 15) is 9.59 Å². The molecule has 23 heavy (non-hydrogen) atoms. The van der Waals surface area contributed by atoms with Crippen LogP contribution in [0.5, 0.6) is 5.75 Å². The van der Waals surface area contributed by atoms with Gasteiger partial charge in [-0.2, -0.15) is 0 Å². The first kappa shape index (κ1) is 15.7. The topological polar surface area (TPSA) is 61.8 Å². The van der Waals surface area contributed by atoms with Crippen LogP contribution in [0.3, 0.4) is 0 Å². The summed E-state index contributed by atoms with van der Waals surface area (Å²) in [6.07, 6.45) is 0. The van der Waals surface area contributed by atoms with Crippen LogP contribution >= 0.6 is 11.8 Å². The van der Waals surface area contributed by atoms with Crippen molar-refractivity contribution in [1.29, 1.82) is 0 Å². The average Bonchev–Trinajstić information content (AvgIpc) is 2.55. The van der Waals surface area contributed by atoms with Gasteiger partial charge in [-0.25, -0.2) is 9.59 Å². The van der Waals surface area contributed by atoms with E-state index in [2.05, 4.69) is 0 Å². The molecule has 1 atom stereocenters. The fourth-order valence-corrected chi connectivity index (χ4v) is 3.62. The fraction of sp³-hybridized carbons (Fsp3) is 0.294. The summed E-state index contributed by atoms with van der Waals surface area (Å²) in [5, 5.41) is 2.18. The lowest BCUT2D eigenvalue weighted by molar-refractivity contribution is -0.138. The minimum atomic E-state index is -0.519. The van der Waals surface area contributed by atoms with Gasteiger partial charge in [0.15, 0.2) is 5.09 Å². The van der Waals surface area contributed by atoms with Crippen molar-refractivity contribution >= 4 is 23.7 Å². The molecule has 0 radical (unpaired) electrons. The van der Waals surface area contributed by atoms with Gasteiger partial charge in [0, 0.05) is 5.56 Å². The van der Waals surface area contributed by atoms with Gasteiger partial charge in [0.2, 0.25) is 0 Å². The van der Waals surface area contributed by atoms with Crippen LogP contribution < -0.4 is 4.74 Å². The van der Waals surface area contributed by atoms with Gasteiger partial charge in [0.25, 0.3) is 0 Å². The van der Waals surface area contributed by atoms with Crippen LogP contribution in [0.2, 0.25) is 0 Å². The molecule has 2 aliphatic rings. The van der Waals surface area contributed by atoms with Crippen LogP contribution in [-0.2, 0) is 19.1 Å². The van der Waals surface area contributed by atoms with Gasteiger partial charge in [-0.3, -0.25) is 0 Å². The average molecular weight is 332 g/mol. The second-order valence-corrected chi connectivity index (χ2v) is 5.75. The molecule has 0 spiro atoms. The van der Waals surface area contributed by atoms with E-state index in [4.69, 9.17) is 14.2 Å². The van der Waals surface area contributed by atoms with Crippen LogP contribution in [0.25, 0.3) is 0 Å². The Hall–Kier alpha value is -2.21. The Balaban J connectivity index is 2.13. The van der Waals surface area contributed by atoms with Crippen molar-refractivity contribution in [2.24, 2.45) is 0 Å². The molecule has 0 aliphatic carbocycles. The highest BCUT2D eigenvalue weighted by atomic mass is 32.2. The van der Waals surface area contributed by atoms with E-state index < -0.39 is 17.9 Å². The van der Waals surface area contributed by atoms with Crippen molar-refractivity contribution < 1.29 is 23.8 Å². The van der Waals surface area contributed by atoms with E-state index >= 15 is 0 Å². The molecule has 1 unspecified atom stereocenters. The smallest absolute Gasteiger partial charge is 0.344 e. The molecule has 1 aromatic rings. The lowest BCUT2D eigenvalue weighted by Gasteiger charge is -2.31. The number of carbonyl (C=O) groups excluding carboxylic acids is 2. The molecule has 6 heteroatoms. The maximum atomic E-state index is 12.4. The number of fused-ring (bicyclic) bond motifs is 3. The van der Waals surface area contributed by atoms with E-state index in [0.717, 1.165) is 5.56 Å². The highest BCUT2D eigenvalue weighted by molar-refractivity contribution is 8.05. The van der Waals surface area contributed by atoms with E-state index in [0.29, 0.717) is 28.6 Å². The van der Waals surface area contributed by atoms with Crippen LogP contribution in [0, 0.1) is 0 Å². The van der Waals surface area contributed by atoms with E-state index in [1.165, 1.54) is 11.8 Å². The standard InChI is InChI=1S/C17H16O5S/c1-3-20-15(18)11-9-23-17(21-4-2)14-13(11)10-7-5-6-8-12(10)22-16(14)19/h5-9,13H,3-4H2,1-2H3. The highest BCUT2D eigenvalue weighted by Gasteiger charge is 2.42. The lowest BCUT2D eigenvalue weighted by Crippen LogP contribution is -2.30. The number of benzene rings is 1. The fourth-order valence-electron chi connectivity index (χ4n) is 2.64. The third-order valence-corrected chi connectivity index (χ3v) is 4.48. The Labute approximate surface area is 138 Å². The number of esters is 2. The molecule has 2 aliphatic heterocycles. The Kier molecular flexibility index (Phi) is 4.43. The summed E-state index contributed by atoms with van der Waals surface area (Å²) in [6.45, 7) is 4.29. The van der Waals surface area contributed by atoms with Crippen LogP contribution in [0.15, 0.2) is 45.9 Å². The SMILES string of the molecule is CCOC(=O)C1=CSC(OCC)=C2C(=O)Oc3ccccc3C12. The quantitative estimate of drug-likeness (QED) is 0.623. The molecule has 0 saturated heterocycles. The largest absolute Gasteiger partial charge is 0.487 e. The maximum absolute atomic E-state index is 12.4. The number of rotatable bonds is 4. The Bertz CT molecular complexity index is 719. The Morgan fingerprint density at radius 3 is 2.78 bits per heavy atom.